The summed E-state index contributed by atoms with van der Waals surface area (Å²) in [5, 5.41) is 3.29. The fourth-order valence-corrected chi connectivity index (χ4v) is 2.32. The SMILES string of the molecule is CNC(C)c1cccc(-c2ccc(CN(C)C)cc2)c1. The van der Waals surface area contributed by atoms with Crippen molar-refractivity contribution < 1.29 is 0 Å². The van der Waals surface area contributed by atoms with Gasteiger partial charge in [0.15, 0.2) is 0 Å². The van der Waals surface area contributed by atoms with Crippen LogP contribution in [0.5, 0.6) is 0 Å². The van der Waals surface area contributed by atoms with Crippen LogP contribution in [0, 0.1) is 0 Å². The summed E-state index contributed by atoms with van der Waals surface area (Å²) in [5.74, 6) is 0. The van der Waals surface area contributed by atoms with Crippen molar-refractivity contribution in [2.24, 2.45) is 0 Å². The Bertz CT molecular complexity index is 544. The Morgan fingerprint density at radius 3 is 2.30 bits per heavy atom. The standard InChI is InChI=1S/C18H24N2/c1-14(19-2)17-6-5-7-18(12-17)16-10-8-15(9-11-16)13-20(3)4/h5-12,14,19H,13H2,1-4H3. The number of benzene rings is 2. The van der Waals surface area contributed by atoms with Crippen molar-refractivity contribution in [1.82, 2.24) is 10.2 Å². The van der Waals surface area contributed by atoms with Gasteiger partial charge in [-0.1, -0.05) is 42.5 Å². The lowest BCUT2D eigenvalue weighted by Crippen LogP contribution is -2.12. The van der Waals surface area contributed by atoms with E-state index in [1.54, 1.807) is 0 Å². The van der Waals surface area contributed by atoms with E-state index in [1.165, 1.54) is 22.3 Å². The number of hydrogen-bond donors (Lipinski definition) is 1. The van der Waals surface area contributed by atoms with Crippen LogP contribution in [0.3, 0.4) is 0 Å². The smallest absolute Gasteiger partial charge is 0.0289 e. The first kappa shape index (κ1) is 14.8. The van der Waals surface area contributed by atoms with E-state index in [0.717, 1.165) is 6.54 Å². The van der Waals surface area contributed by atoms with Crippen molar-refractivity contribution in [3.63, 3.8) is 0 Å². The lowest BCUT2D eigenvalue weighted by molar-refractivity contribution is 0.402. The second-order valence-corrected chi connectivity index (χ2v) is 5.57. The fraction of sp³-hybridized carbons (Fsp3) is 0.333. The molecule has 2 rings (SSSR count). The second-order valence-electron chi connectivity index (χ2n) is 5.57. The molecule has 1 atom stereocenters. The zero-order valence-corrected chi connectivity index (χ0v) is 12.9. The summed E-state index contributed by atoms with van der Waals surface area (Å²) in [6.07, 6.45) is 0. The Labute approximate surface area is 122 Å². The highest BCUT2D eigenvalue weighted by Crippen LogP contribution is 2.23. The topological polar surface area (TPSA) is 15.3 Å². The molecule has 106 valence electrons. The predicted octanol–water partition coefficient (Wildman–Crippen LogP) is 3.70. The Balaban J connectivity index is 2.23. The van der Waals surface area contributed by atoms with Crippen LogP contribution in [0.1, 0.15) is 24.1 Å². The molecule has 0 fully saturated rings. The molecule has 0 saturated carbocycles. The average molecular weight is 268 g/mol. The fourth-order valence-electron chi connectivity index (χ4n) is 2.32. The van der Waals surface area contributed by atoms with Gasteiger partial charge in [0.25, 0.3) is 0 Å². The summed E-state index contributed by atoms with van der Waals surface area (Å²) in [6, 6.07) is 18.0. The van der Waals surface area contributed by atoms with Gasteiger partial charge in [-0.3, -0.25) is 0 Å². The third kappa shape index (κ3) is 3.69. The lowest BCUT2D eigenvalue weighted by atomic mass is 9.99. The predicted molar refractivity (Wildman–Crippen MR) is 86.7 cm³/mol. The third-order valence-electron chi connectivity index (χ3n) is 3.61. The monoisotopic (exact) mass is 268 g/mol. The number of hydrogen-bond acceptors (Lipinski definition) is 2. The van der Waals surface area contributed by atoms with E-state index in [-0.39, 0.29) is 0 Å². The molecule has 0 saturated heterocycles. The summed E-state index contributed by atoms with van der Waals surface area (Å²) in [6.45, 7) is 3.16. The normalized spacial score (nSPS) is 12.7. The molecule has 1 N–H and O–H groups in total. The van der Waals surface area contributed by atoms with E-state index in [4.69, 9.17) is 0 Å². The molecule has 20 heavy (non-hydrogen) atoms. The molecular weight excluding hydrogens is 244 g/mol. The first-order valence-corrected chi connectivity index (χ1v) is 7.11. The zero-order valence-electron chi connectivity index (χ0n) is 12.9. The maximum absolute atomic E-state index is 3.29. The van der Waals surface area contributed by atoms with Gasteiger partial charge in [0.05, 0.1) is 0 Å². The summed E-state index contributed by atoms with van der Waals surface area (Å²) in [4.78, 5) is 2.18. The summed E-state index contributed by atoms with van der Waals surface area (Å²) in [5.41, 5.74) is 5.22. The van der Waals surface area contributed by atoms with Crippen molar-refractivity contribution >= 4 is 0 Å². The van der Waals surface area contributed by atoms with Gasteiger partial charge < -0.3 is 10.2 Å². The van der Waals surface area contributed by atoms with Gasteiger partial charge in [-0.25, -0.2) is 0 Å². The molecule has 0 aliphatic rings. The molecule has 0 amide bonds. The summed E-state index contributed by atoms with van der Waals surface area (Å²) in [7, 11) is 6.18. The van der Waals surface area contributed by atoms with Crippen LogP contribution in [-0.2, 0) is 6.54 Å². The van der Waals surface area contributed by atoms with Gasteiger partial charge in [-0.05, 0) is 56.4 Å². The van der Waals surface area contributed by atoms with Gasteiger partial charge in [0, 0.05) is 12.6 Å². The summed E-state index contributed by atoms with van der Waals surface area (Å²) < 4.78 is 0. The largest absolute Gasteiger partial charge is 0.313 e. The molecule has 0 radical (unpaired) electrons. The van der Waals surface area contributed by atoms with Gasteiger partial charge in [-0.15, -0.1) is 0 Å². The van der Waals surface area contributed by atoms with Crippen molar-refractivity contribution in [3.8, 4) is 11.1 Å². The number of nitrogens with zero attached hydrogens (tertiary/aromatic N) is 1. The van der Waals surface area contributed by atoms with Gasteiger partial charge in [0.2, 0.25) is 0 Å². The Kier molecular flexibility index (Phi) is 4.94. The highest BCUT2D eigenvalue weighted by atomic mass is 15.0. The lowest BCUT2D eigenvalue weighted by Gasteiger charge is -2.13. The first-order valence-electron chi connectivity index (χ1n) is 7.11. The highest BCUT2D eigenvalue weighted by Gasteiger charge is 2.04. The molecule has 2 heteroatoms. The van der Waals surface area contributed by atoms with E-state index in [2.05, 4.69) is 79.8 Å². The van der Waals surface area contributed by atoms with E-state index in [0.29, 0.717) is 6.04 Å². The highest BCUT2D eigenvalue weighted by molar-refractivity contribution is 5.64. The molecule has 0 spiro atoms. The van der Waals surface area contributed by atoms with E-state index < -0.39 is 0 Å². The molecule has 2 nitrogen and oxygen atoms in total. The molecule has 0 aliphatic heterocycles. The minimum Gasteiger partial charge on any atom is -0.313 e. The van der Waals surface area contributed by atoms with Crippen molar-refractivity contribution in [2.75, 3.05) is 21.1 Å². The molecule has 1 unspecified atom stereocenters. The first-order chi connectivity index (χ1) is 9.60. The van der Waals surface area contributed by atoms with E-state index in [1.807, 2.05) is 7.05 Å². The third-order valence-corrected chi connectivity index (χ3v) is 3.61. The zero-order chi connectivity index (χ0) is 14.5. The van der Waals surface area contributed by atoms with E-state index >= 15 is 0 Å². The Morgan fingerprint density at radius 2 is 1.70 bits per heavy atom. The van der Waals surface area contributed by atoms with E-state index in [9.17, 15) is 0 Å². The van der Waals surface area contributed by atoms with Gasteiger partial charge in [0.1, 0.15) is 0 Å². The Morgan fingerprint density at radius 1 is 1.00 bits per heavy atom. The van der Waals surface area contributed by atoms with Crippen LogP contribution < -0.4 is 5.32 Å². The average Bonchev–Trinajstić information content (AvgIpc) is 2.47. The quantitative estimate of drug-likeness (QED) is 0.889. The molecule has 0 aliphatic carbocycles. The van der Waals surface area contributed by atoms with Gasteiger partial charge in [-0.2, -0.15) is 0 Å². The van der Waals surface area contributed by atoms with Gasteiger partial charge >= 0.3 is 0 Å². The van der Waals surface area contributed by atoms with Crippen molar-refractivity contribution in [1.29, 1.82) is 0 Å². The maximum atomic E-state index is 3.29. The maximum Gasteiger partial charge on any atom is 0.0289 e. The second kappa shape index (κ2) is 6.69. The summed E-state index contributed by atoms with van der Waals surface area (Å²) >= 11 is 0. The minimum atomic E-state index is 0.378. The van der Waals surface area contributed by atoms with Crippen LogP contribution in [0.4, 0.5) is 0 Å². The molecule has 0 aromatic heterocycles. The van der Waals surface area contributed by atoms with Crippen LogP contribution in [0.2, 0.25) is 0 Å². The molecule has 0 heterocycles. The minimum absolute atomic E-state index is 0.378. The molecule has 2 aromatic carbocycles. The van der Waals surface area contributed by atoms with Crippen LogP contribution in [0.25, 0.3) is 11.1 Å². The number of rotatable bonds is 5. The van der Waals surface area contributed by atoms with Crippen LogP contribution in [0.15, 0.2) is 48.5 Å². The molecular formula is C18H24N2. The number of nitrogens with one attached hydrogen (secondary N) is 1. The van der Waals surface area contributed by atoms with Crippen LogP contribution in [-0.4, -0.2) is 26.0 Å². The van der Waals surface area contributed by atoms with Crippen LogP contribution >= 0.6 is 0 Å². The molecule has 2 aromatic rings. The van der Waals surface area contributed by atoms with Crippen molar-refractivity contribution in [2.45, 2.75) is 19.5 Å². The Hall–Kier alpha value is -1.64. The van der Waals surface area contributed by atoms with Crippen molar-refractivity contribution in [3.05, 3.63) is 59.7 Å². The molecule has 0 bridgehead atoms.